The molecule has 0 amide bonds. The Morgan fingerprint density at radius 2 is 2.00 bits per heavy atom. The fourth-order valence-corrected chi connectivity index (χ4v) is 1.68. The van der Waals surface area contributed by atoms with Crippen LogP contribution < -0.4 is 4.74 Å². The standard InChI is InChI=1S/C12H9NO5/c14-11(15)7-18-10-6-5-8-3-1-2-4-9(8)12(10)13(16)17/h1-6H,7H2,(H,14,15). The minimum atomic E-state index is -1.18. The monoisotopic (exact) mass is 247 g/mol. The number of rotatable bonds is 4. The smallest absolute Gasteiger partial charge is 0.341 e. The van der Waals surface area contributed by atoms with Gasteiger partial charge in [0.25, 0.3) is 0 Å². The van der Waals surface area contributed by atoms with Gasteiger partial charge in [0.05, 0.1) is 10.3 Å². The number of nitro benzene ring substituents is 1. The molecule has 0 radical (unpaired) electrons. The van der Waals surface area contributed by atoms with Crippen molar-refractivity contribution in [3.63, 3.8) is 0 Å². The average molecular weight is 247 g/mol. The average Bonchev–Trinajstić information content (AvgIpc) is 2.35. The molecule has 0 fully saturated rings. The normalized spacial score (nSPS) is 10.2. The van der Waals surface area contributed by atoms with Gasteiger partial charge in [-0.2, -0.15) is 0 Å². The topological polar surface area (TPSA) is 89.7 Å². The van der Waals surface area contributed by atoms with Crippen molar-refractivity contribution in [2.24, 2.45) is 0 Å². The van der Waals surface area contributed by atoms with Crippen LogP contribution in [-0.2, 0) is 4.79 Å². The lowest BCUT2D eigenvalue weighted by Crippen LogP contribution is -2.10. The lowest BCUT2D eigenvalue weighted by molar-refractivity contribution is -0.384. The molecule has 0 aliphatic carbocycles. The number of nitro groups is 1. The third-order valence-electron chi connectivity index (χ3n) is 2.40. The molecule has 2 aromatic carbocycles. The van der Waals surface area contributed by atoms with Crippen molar-refractivity contribution in [2.75, 3.05) is 6.61 Å². The highest BCUT2D eigenvalue weighted by Gasteiger charge is 2.20. The SMILES string of the molecule is O=C(O)COc1ccc2ccccc2c1[N+](=O)[O-]. The Balaban J connectivity index is 2.55. The van der Waals surface area contributed by atoms with Crippen LogP contribution in [-0.4, -0.2) is 22.6 Å². The molecule has 6 nitrogen and oxygen atoms in total. The van der Waals surface area contributed by atoms with Crippen LogP contribution in [0.15, 0.2) is 36.4 Å². The van der Waals surface area contributed by atoms with Gasteiger partial charge in [-0.3, -0.25) is 10.1 Å². The van der Waals surface area contributed by atoms with Crippen LogP contribution in [0.2, 0.25) is 0 Å². The number of fused-ring (bicyclic) bond motifs is 1. The second-order valence-corrected chi connectivity index (χ2v) is 3.57. The van der Waals surface area contributed by atoms with E-state index >= 15 is 0 Å². The van der Waals surface area contributed by atoms with E-state index in [1.54, 1.807) is 30.3 Å². The van der Waals surface area contributed by atoms with Gasteiger partial charge in [-0.25, -0.2) is 4.79 Å². The van der Waals surface area contributed by atoms with Crippen molar-refractivity contribution in [1.82, 2.24) is 0 Å². The number of carboxylic acids is 1. The van der Waals surface area contributed by atoms with Gasteiger partial charge in [-0.15, -0.1) is 0 Å². The number of carboxylic acid groups (broad SMARTS) is 1. The Morgan fingerprint density at radius 3 is 2.67 bits per heavy atom. The summed E-state index contributed by atoms with van der Waals surface area (Å²) in [6, 6.07) is 9.84. The largest absolute Gasteiger partial charge is 0.479 e. The van der Waals surface area contributed by atoms with Crippen molar-refractivity contribution in [3.05, 3.63) is 46.5 Å². The van der Waals surface area contributed by atoms with Crippen LogP contribution in [0.1, 0.15) is 0 Å². The van der Waals surface area contributed by atoms with Gasteiger partial charge < -0.3 is 9.84 Å². The molecule has 0 saturated heterocycles. The summed E-state index contributed by atoms with van der Waals surface area (Å²) in [5.41, 5.74) is -0.214. The molecular weight excluding hydrogens is 238 g/mol. The van der Waals surface area contributed by atoms with Crippen LogP contribution in [0.3, 0.4) is 0 Å². The van der Waals surface area contributed by atoms with Crippen LogP contribution >= 0.6 is 0 Å². The van der Waals surface area contributed by atoms with E-state index in [1.165, 1.54) is 6.07 Å². The number of aliphatic carboxylic acids is 1. The van der Waals surface area contributed by atoms with Crippen LogP contribution in [0.25, 0.3) is 10.8 Å². The van der Waals surface area contributed by atoms with Crippen molar-refractivity contribution < 1.29 is 19.6 Å². The maximum absolute atomic E-state index is 11.1. The highest BCUT2D eigenvalue weighted by atomic mass is 16.6. The Morgan fingerprint density at radius 1 is 1.28 bits per heavy atom. The van der Waals surface area contributed by atoms with E-state index in [0.29, 0.717) is 10.8 Å². The molecule has 92 valence electrons. The van der Waals surface area contributed by atoms with Gasteiger partial charge in [-0.05, 0) is 17.5 Å². The lowest BCUT2D eigenvalue weighted by Gasteiger charge is -2.06. The summed E-state index contributed by atoms with van der Waals surface area (Å²) in [4.78, 5) is 20.9. The summed E-state index contributed by atoms with van der Waals surface area (Å²) in [6.07, 6.45) is 0. The maximum atomic E-state index is 11.1. The van der Waals surface area contributed by atoms with E-state index in [2.05, 4.69) is 0 Å². The van der Waals surface area contributed by atoms with Crippen molar-refractivity contribution in [2.45, 2.75) is 0 Å². The molecule has 2 aromatic rings. The molecule has 0 atom stereocenters. The summed E-state index contributed by atoms with van der Waals surface area (Å²) in [7, 11) is 0. The number of hydrogen-bond acceptors (Lipinski definition) is 4. The first kappa shape index (κ1) is 11.8. The summed E-state index contributed by atoms with van der Waals surface area (Å²) in [5.74, 6) is -1.22. The van der Waals surface area contributed by atoms with Crippen LogP contribution in [0.4, 0.5) is 5.69 Å². The van der Waals surface area contributed by atoms with Crippen molar-refractivity contribution in [1.29, 1.82) is 0 Å². The third kappa shape index (κ3) is 2.22. The Bertz CT molecular complexity index is 623. The zero-order valence-corrected chi connectivity index (χ0v) is 9.20. The zero-order chi connectivity index (χ0) is 13.1. The van der Waals surface area contributed by atoms with Crippen molar-refractivity contribution in [3.8, 4) is 5.75 Å². The fourth-order valence-electron chi connectivity index (χ4n) is 1.68. The summed E-state index contributed by atoms with van der Waals surface area (Å²) < 4.78 is 4.93. The third-order valence-corrected chi connectivity index (χ3v) is 2.40. The molecule has 2 rings (SSSR count). The number of benzene rings is 2. The highest BCUT2D eigenvalue weighted by Crippen LogP contribution is 2.34. The van der Waals surface area contributed by atoms with Gasteiger partial charge in [0, 0.05) is 0 Å². The van der Waals surface area contributed by atoms with Gasteiger partial charge in [-0.1, -0.05) is 24.3 Å². The zero-order valence-electron chi connectivity index (χ0n) is 9.20. The van der Waals surface area contributed by atoms with Gasteiger partial charge in [0.15, 0.2) is 12.4 Å². The molecule has 0 unspecified atom stereocenters. The molecule has 0 aromatic heterocycles. The fraction of sp³-hybridized carbons (Fsp3) is 0.0833. The van der Waals surface area contributed by atoms with Crippen LogP contribution in [0.5, 0.6) is 5.75 Å². The number of ether oxygens (including phenoxy) is 1. The quantitative estimate of drug-likeness (QED) is 0.660. The van der Waals surface area contributed by atoms with E-state index in [1.807, 2.05) is 0 Å². The Kier molecular flexibility index (Phi) is 3.09. The first-order valence-electron chi connectivity index (χ1n) is 5.10. The second kappa shape index (κ2) is 4.70. The second-order valence-electron chi connectivity index (χ2n) is 3.57. The van der Waals surface area contributed by atoms with E-state index in [9.17, 15) is 14.9 Å². The summed E-state index contributed by atoms with van der Waals surface area (Å²) >= 11 is 0. The molecular formula is C12H9NO5. The number of nitrogens with zero attached hydrogens (tertiary/aromatic N) is 1. The van der Waals surface area contributed by atoms with Crippen molar-refractivity contribution >= 4 is 22.4 Å². The van der Waals surface area contributed by atoms with Crippen LogP contribution in [0, 0.1) is 10.1 Å². The van der Waals surface area contributed by atoms with Gasteiger partial charge >= 0.3 is 11.7 Å². The maximum Gasteiger partial charge on any atom is 0.341 e. The molecule has 0 bridgehead atoms. The van der Waals surface area contributed by atoms with E-state index in [0.717, 1.165) is 0 Å². The molecule has 0 saturated carbocycles. The summed E-state index contributed by atoms with van der Waals surface area (Å²) in [5, 5.41) is 20.7. The minimum Gasteiger partial charge on any atom is -0.479 e. The van der Waals surface area contributed by atoms with Gasteiger partial charge in [0.1, 0.15) is 0 Å². The predicted octanol–water partition coefficient (Wildman–Crippen LogP) is 2.21. The first-order chi connectivity index (χ1) is 8.59. The predicted molar refractivity (Wildman–Crippen MR) is 63.7 cm³/mol. The molecule has 6 heteroatoms. The molecule has 0 heterocycles. The molecule has 18 heavy (non-hydrogen) atoms. The van der Waals surface area contributed by atoms with E-state index in [-0.39, 0.29) is 11.4 Å². The first-order valence-corrected chi connectivity index (χ1v) is 5.10. The lowest BCUT2D eigenvalue weighted by atomic mass is 10.1. The molecule has 0 aliphatic rings. The molecule has 1 N–H and O–H groups in total. The molecule has 0 aliphatic heterocycles. The molecule has 0 spiro atoms. The number of hydrogen-bond donors (Lipinski definition) is 1. The summed E-state index contributed by atoms with van der Waals surface area (Å²) in [6.45, 7) is -0.612. The van der Waals surface area contributed by atoms with Gasteiger partial charge in [0.2, 0.25) is 0 Å². The Labute approximate surface area is 102 Å². The Hall–Kier alpha value is -2.63. The van der Waals surface area contributed by atoms with E-state index in [4.69, 9.17) is 9.84 Å². The highest BCUT2D eigenvalue weighted by molar-refractivity contribution is 5.93. The van der Waals surface area contributed by atoms with E-state index < -0.39 is 17.5 Å². The minimum absolute atomic E-state index is 0.0406. The number of carbonyl (C=O) groups is 1.